The molecular weight excluding hydrogens is 412 g/mol. The molecule has 0 spiro atoms. The van der Waals surface area contributed by atoms with E-state index in [0.29, 0.717) is 24.0 Å². The molecule has 1 unspecified atom stereocenters. The highest BCUT2D eigenvalue weighted by Crippen LogP contribution is 2.40. The Morgan fingerprint density at radius 2 is 1.73 bits per heavy atom. The number of nitrogens with zero attached hydrogens (tertiary/aromatic N) is 1. The molecule has 5 nitrogen and oxygen atoms in total. The summed E-state index contributed by atoms with van der Waals surface area (Å²) in [5, 5.41) is 7.29. The number of hydrogen-bond acceptors (Lipinski definition) is 4. The van der Waals surface area contributed by atoms with E-state index in [4.69, 9.17) is 4.52 Å². The molecule has 2 aromatic carbocycles. The standard InChI is InChI=1S/C28H30N2O3/c31-25(20-9-3-1-4-10-20)17-19-8-7-13-23(16-19)27(22-11-5-2-6-12-22)29-28(32)24-18-26(33-30-24)21-14-15-21/h1,3-4,7-10,13,16,18,21-22,27H,2,5-6,11-12,14-15,17H2,(H,29,32). The van der Waals surface area contributed by atoms with Crippen LogP contribution in [0.3, 0.4) is 0 Å². The zero-order valence-electron chi connectivity index (χ0n) is 18.8. The van der Waals surface area contributed by atoms with Crippen molar-refractivity contribution in [1.82, 2.24) is 10.5 Å². The van der Waals surface area contributed by atoms with Crippen molar-refractivity contribution < 1.29 is 14.1 Å². The third-order valence-corrected chi connectivity index (χ3v) is 6.92. The lowest BCUT2D eigenvalue weighted by Gasteiger charge is -2.31. The summed E-state index contributed by atoms with van der Waals surface area (Å²) in [5.74, 6) is 1.52. The van der Waals surface area contributed by atoms with Crippen LogP contribution in [0.25, 0.3) is 0 Å². The van der Waals surface area contributed by atoms with Crippen molar-refractivity contribution in [1.29, 1.82) is 0 Å². The van der Waals surface area contributed by atoms with Crippen LogP contribution >= 0.6 is 0 Å². The number of carbonyl (C=O) groups excluding carboxylic acids is 2. The van der Waals surface area contributed by atoms with E-state index in [-0.39, 0.29) is 17.7 Å². The summed E-state index contributed by atoms with van der Waals surface area (Å²) in [6.45, 7) is 0. The quantitative estimate of drug-likeness (QED) is 0.432. The minimum Gasteiger partial charge on any atom is -0.360 e. The number of benzene rings is 2. The summed E-state index contributed by atoms with van der Waals surface area (Å²) >= 11 is 0. The molecule has 2 fully saturated rings. The van der Waals surface area contributed by atoms with Crippen molar-refractivity contribution in [2.75, 3.05) is 0 Å². The fraction of sp³-hybridized carbons (Fsp3) is 0.393. The molecule has 0 bridgehead atoms. The van der Waals surface area contributed by atoms with Gasteiger partial charge in [-0.3, -0.25) is 9.59 Å². The molecule has 2 aliphatic rings. The van der Waals surface area contributed by atoms with Crippen molar-refractivity contribution in [3.8, 4) is 0 Å². The first-order chi connectivity index (χ1) is 16.2. The first-order valence-corrected chi connectivity index (χ1v) is 12.1. The van der Waals surface area contributed by atoms with Crippen LogP contribution in [-0.4, -0.2) is 16.8 Å². The number of amides is 1. The maximum Gasteiger partial charge on any atom is 0.273 e. The SMILES string of the molecule is O=C(Cc1cccc(C(NC(=O)c2cc(C3CC3)on2)C2CCCCC2)c1)c1ccccc1. The zero-order valence-corrected chi connectivity index (χ0v) is 18.8. The van der Waals surface area contributed by atoms with Crippen LogP contribution in [0.15, 0.2) is 65.2 Å². The van der Waals surface area contributed by atoms with Gasteiger partial charge in [0.2, 0.25) is 0 Å². The highest BCUT2D eigenvalue weighted by Gasteiger charge is 2.31. The molecule has 1 N–H and O–H groups in total. The summed E-state index contributed by atoms with van der Waals surface area (Å²) in [7, 11) is 0. The van der Waals surface area contributed by atoms with Crippen molar-refractivity contribution >= 4 is 11.7 Å². The predicted molar refractivity (Wildman–Crippen MR) is 126 cm³/mol. The van der Waals surface area contributed by atoms with E-state index in [1.54, 1.807) is 6.07 Å². The number of hydrogen-bond donors (Lipinski definition) is 1. The Morgan fingerprint density at radius 3 is 2.48 bits per heavy atom. The molecule has 5 heteroatoms. The zero-order chi connectivity index (χ0) is 22.6. The van der Waals surface area contributed by atoms with E-state index in [1.165, 1.54) is 19.3 Å². The number of ketones is 1. The van der Waals surface area contributed by atoms with Crippen LogP contribution in [0, 0.1) is 5.92 Å². The first-order valence-electron chi connectivity index (χ1n) is 12.1. The molecule has 0 aliphatic heterocycles. The van der Waals surface area contributed by atoms with Gasteiger partial charge in [-0.15, -0.1) is 0 Å². The summed E-state index contributed by atoms with van der Waals surface area (Å²) in [4.78, 5) is 25.8. The monoisotopic (exact) mass is 442 g/mol. The molecule has 5 rings (SSSR count). The molecule has 1 atom stereocenters. The number of Topliss-reactive ketones (excluding diaryl/α,β-unsaturated/α-hetero) is 1. The van der Waals surface area contributed by atoms with Gasteiger partial charge in [-0.25, -0.2) is 0 Å². The minimum atomic E-state index is -0.188. The largest absolute Gasteiger partial charge is 0.360 e. The second-order valence-electron chi connectivity index (χ2n) is 9.45. The highest BCUT2D eigenvalue weighted by molar-refractivity contribution is 5.97. The minimum absolute atomic E-state index is 0.0983. The van der Waals surface area contributed by atoms with E-state index in [0.717, 1.165) is 48.1 Å². The smallest absolute Gasteiger partial charge is 0.273 e. The van der Waals surface area contributed by atoms with Crippen LogP contribution < -0.4 is 5.32 Å². The van der Waals surface area contributed by atoms with Gasteiger partial charge in [-0.05, 0) is 42.7 Å². The molecule has 0 radical (unpaired) electrons. The average Bonchev–Trinajstić information content (AvgIpc) is 3.59. The topological polar surface area (TPSA) is 72.2 Å². The molecule has 170 valence electrons. The molecule has 3 aromatic rings. The van der Waals surface area contributed by atoms with Crippen molar-refractivity contribution in [2.24, 2.45) is 5.92 Å². The Morgan fingerprint density at radius 1 is 0.939 bits per heavy atom. The normalized spacial score (nSPS) is 17.5. The predicted octanol–water partition coefficient (Wildman–Crippen LogP) is 6.03. The lowest BCUT2D eigenvalue weighted by molar-refractivity contribution is 0.0902. The van der Waals surface area contributed by atoms with Gasteiger partial charge in [0.25, 0.3) is 5.91 Å². The summed E-state index contributed by atoms with van der Waals surface area (Å²) in [6, 6.07) is 19.2. The first kappa shape index (κ1) is 21.6. The van der Waals surface area contributed by atoms with Gasteiger partial charge >= 0.3 is 0 Å². The van der Waals surface area contributed by atoms with E-state index >= 15 is 0 Å². The molecule has 0 saturated heterocycles. The van der Waals surface area contributed by atoms with Gasteiger partial charge in [-0.2, -0.15) is 0 Å². The van der Waals surface area contributed by atoms with Gasteiger partial charge in [0, 0.05) is 24.0 Å². The molecule has 2 saturated carbocycles. The van der Waals surface area contributed by atoms with Crippen LogP contribution in [-0.2, 0) is 6.42 Å². The van der Waals surface area contributed by atoms with Crippen molar-refractivity contribution in [2.45, 2.75) is 63.3 Å². The van der Waals surface area contributed by atoms with Gasteiger partial charge in [0.1, 0.15) is 5.76 Å². The Kier molecular flexibility index (Phi) is 6.38. The second kappa shape index (κ2) is 9.74. The average molecular weight is 443 g/mol. The maximum absolute atomic E-state index is 13.1. The second-order valence-corrected chi connectivity index (χ2v) is 9.45. The Labute approximate surface area is 194 Å². The van der Waals surface area contributed by atoms with Gasteiger partial charge in [-0.1, -0.05) is 79.0 Å². The molecule has 1 aromatic heterocycles. The number of aromatic nitrogens is 1. The molecule has 2 aliphatic carbocycles. The third kappa shape index (κ3) is 5.24. The Balaban J connectivity index is 1.36. The number of nitrogens with one attached hydrogen (secondary N) is 1. The van der Waals surface area contributed by atoms with Crippen LogP contribution in [0.1, 0.15) is 94.6 Å². The fourth-order valence-electron chi connectivity index (χ4n) is 4.92. The maximum atomic E-state index is 13.1. The molecule has 1 heterocycles. The molecule has 33 heavy (non-hydrogen) atoms. The fourth-order valence-corrected chi connectivity index (χ4v) is 4.92. The summed E-state index contributed by atoms with van der Waals surface area (Å²) in [6.07, 6.45) is 8.34. The van der Waals surface area contributed by atoms with Crippen LogP contribution in [0.5, 0.6) is 0 Å². The lowest BCUT2D eigenvalue weighted by Crippen LogP contribution is -2.34. The van der Waals surface area contributed by atoms with Crippen molar-refractivity contribution in [3.63, 3.8) is 0 Å². The Bertz CT molecular complexity index is 1110. The van der Waals surface area contributed by atoms with Gasteiger partial charge in [0.05, 0.1) is 6.04 Å². The molecule has 1 amide bonds. The van der Waals surface area contributed by atoms with Gasteiger partial charge < -0.3 is 9.84 Å². The lowest BCUT2D eigenvalue weighted by atomic mass is 9.80. The third-order valence-electron chi connectivity index (χ3n) is 6.92. The number of carbonyl (C=O) groups is 2. The highest BCUT2D eigenvalue weighted by atomic mass is 16.5. The summed E-state index contributed by atoms with van der Waals surface area (Å²) in [5.41, 5.74) is 3.10. The Hall–Kier alpha value is -3.21. The van der Waals surface area contributed by atoms with E-state index in [9.17, 15) is 9.59 Å². The van der Waals surface area contributed by atoms with E-state index < -0.39 is 0 Å². The van der Waals surface area contributed by atoms with Gasteiger partial charge in [0.15, 0.2) is 11.5 Å². The van der Waals surface area contributed by atoms with E-state index in [2.05, 4.69) is 22.6 Å². The van der Waals surface area contributed by atoms with E-state index in [1.807, 2.05) is 42.5 Å². The summed E-state index contributed by atoms with van der Waals surface area (Å²) < 4.78 is 5.40. The van der Waals surface area contributed by atoms with Crippen LogP contribution in [0.4, 0.5) is 0 Å². The van der Waals surface area contributed by atoms with Crippen molar-refractivity contribution in [3.05, 3.63) is 88.8 Å². The number of rotatable bonds is 8. The molecular formula is C28H30N2O3. The van der Waals surface area contributed by atoms with Crippen LogP contribution in [0.2, 0.25) is 0 Å².